The van der Waals surface area contributed by atoms with Crippen molar-refractivity contribution in [2.75, 3.05) is 0 Å². The van der Waals surface area contributed by atoms with E-state index in [-0.39, 0.29) is 0 Å². The maximum Gasteiger partial charge on any atom is 0.714 e. The van der Waals surface area contributed by atoms with Crippen LogP contribution in [0, 0.1) is 20.8 Å². The summed E-state index contributed by atoms with van der Waals surface area (Å²) in [6, 6.07) is 29.7. The lowest BCUT2D eigenvalue weighted by molar-refractivity contribution is -0.855. The number of fused-ring (bicyclic) bond motifs is 2. The van der Waals surface area contributed by atoms with Gasteiger partial charge in [0.2, 0.25) is 11.4 Å². The van der Waals surface area contributed by atoms with Crippen molar-refractivity contribution in [1.82, 2.24) is 0 Å². The van der Waals surface area contributed by atoms with Crippen molar-refractivity contribution in [1.29, 1.82) is 0 Å². The summed E-state index contributed by atoms with van der Waals surface area (Å²) in [5.74, 6) is 1.64. The summed E-state index contributed by atoms with van der Waals surface area (Å²) in [6.07, 6.45) is 4.27. The number of nitrogens with zero attached hydrogens (tertiary/aromatic N) is 2. The van der Waals surface area contributed by atoms with Crippen LogP contribution in [0.1, 0.15) is 27.8 Å². The lowest BCUT2D eigenvalue weighted by Crippen LogP contribution is -2.62. The van der Waals surface area contributed by atoms with Crippen molar-refractivity contribution in [3.8, 4) is 11.5 Å². The van der Waals surface area contributed by atoms with E-state index in [9.17, 15) is 0 Å². The molecule has 0 bridgehead atoms. The van der Waals surface area contributed by atoms with Crippen LogP contribution in [0.15, 0.2) is 91.0 Å². The third kappa shape index (κ3) is 3.06. The van der Waals surface area contributed by atoms with Crippen LogP contribution >= 0.6 is 0 Å². The molecule has 0 aromatic heterocycles. The molecule has 0 fully saturated rings. The largest absolute Gasteiger partial charge is 0.714 e. The van der Waals surface area contributed by atoms with Gasteiger partial charge >= 0.3 is 6.03 Å². The van der Waals surface area contributed by atoms with E-state index in [1.54, 1.807) is 0 Å². The van der Waals surface area contributed by atoms with E-state index in [0.29, 0.717) is 0 Å². The van der Waals surface area contributed by atoms with Gasteiger partial charge in [0, 0.05) is 23.8 Å². The van der Waals surface area contributed by atoms with Crippen molar-refractivity contribution in [2.45, 2.75) is 26.8 Å². The molecule has 0 aliphatic carbocycles. The Morgan fingerprint density at radius 2 is 1.06 bits per heavy atom. The number of benzene rings is 4. The molecule has 2 aliphatic rings. The first kappa shape index (κ1) is 20.4. The Morgan fingerprint density at radius 1 is 0.529 bits per heavy atom. The number of rotatable bonds is 2. The number of ether oxygens (including phenoxy) is 2. The minimum Gasteiger partial charge on any atom is -0.340 e. The molecule has 0 amide bonds. The smallest absolute Gasteiger partial charge is 0.340 e. The van der Waals surface area contributed by atoms with Crippen LogP contribution in [-0.4, -0.2) is 27.6 Å². The molecule has 4 heteroatoms. The SMILES string of the molecule is Cc1ccccc1[N+]1=Cc2cccc(C)c2OC12Oc1c(C)cccc1C=[N+]2c1ccccc1. The molecule has 1 atom stereocenters. The molecule has 2 aliphatic heterocycles. The van der Waals surface area contributed by atoms with E-state index in [4.69, 9.17) is 9.47 Å². The molecular weight excluding hydrogens is 420 g/mol. The summed E-state index contributed by atoms with van der Waals surface area (Å²) in [6.45, 7) is 6.26. The molecule has 6 rings (SSSR count). The zero-order chi connectivity index (χ0) is 23.3. The summed E-state index contributed by atoms with van der Waals surface area (Å²) in [4.78, 5) is 0. The Morgan fingerprint density at radius 3 is 1.68 bits per heavy atom. The predicted molar refractivity (Wildman–Crippen MR) is 134 cm³/mol. The predicted octanol–water partition coefficient (Wildman–Crippen LogP) is 6.23. The quantitative estimate of drug-likeness (QED) is 0.341. The van der Waals surface area contributed by atoms with Crippen LogP contribution in [-0.2, 0) is 0 Å². The van der Waals surface area contributed by atoms with Gasteiger partial charge in [-0.3, -0.25) is 0 Å². The third-order valence-corrected chi connectivity index (χ3v) is 6.51. The summed E-state index contributed by atoms with van der Waals surface area (Å²) >= 11 is 0. The molecule has 166 valence electrons. The van der Waals surface area contributed by atoms with Gasteiger partial charge in [-0.25, -0.2) is 0 Å². The highest BCUT2D eigenvalue weighted by atomic mass is 16.7. The molecule has 0 saturated heterocycles. The highest BCUT2D eigenvalue weighted by Gasteiger charge is 2.66. The van der Waals surface area contributed by atoms with Crippen LogP contribution in [0.5, 0.6) is 11.5 Å². The maximum atomic E-state index is 6.96. The minimum absolute atomic E-state index is 0.818. The third-order valence-electron chi connectivity index (χ3n) is 6.51. The number of hydrogen-bond donors (Lipinski definition) is 0. The van der Waals surface area contributed by atoms with Crippen LogP contribution in [0.2, 0.25) is 0 Å². The number of hydrogen-bond acceptors (Lipinski definition) is 2. The van der Waals surface area contributed by atoms with Gasteiger partial charge in [-0.15, -0.1) is 0 Å². The van der Waals surface area contributed by atoms with Crippen LogP contribution < -0.4 is 9.47 Å². The Kier molecular flexibility index (Phi) is 4.63. The van der Waals surface area contributed by atoms with Gasteiger partial charge in [0.25, 0.3) is 0 Å². The van der Waals surface area contributed by atoms with Crippen LogP contribution in [0.25, 0.3) is 0 Å². The maximum absolute atomic E-state index is 6.96. The fourth-order valence-electron chi connectivity index (χ4n) is 4.76. The number of para-hydroxylation sites is 4. The monoisotopic (exact) mass is 446 g/mol. The lowest BCUT2D eigenvalue weighted by atomic mass is 10.1. The van der Waals surface area contributed by atoms with E-state index in [1.165, 1.54) is 0 Å². The molecule has 2 heterocycles. The van der Waals surface area contributed by atoms with Crippen molar-refractivity contribution in [3.63, 3.8) is 0 Å². The molecule has 4 nitrogen and oxygen atoms in total. The average Bonchev–Trinajstić information content (AvgIpc) is 2.86. The molecule has 1 unspecified atom stereocenters. The Bertz CT molecular complexity index is 1480. The van der Waals surface area contributed by atoms with E-state index >= 15 is 0 Å². The van der Waals surface area contributed by atoms with Crippen molar-refractivity contribution in [2.24, 2.45) is 0 Å². The minimum atomic E-state index is -1.29. The van der Waals surface area contributed by atoms with Gasteiger partial charge < -0.3 is 9.47 Å². The summed E-state index contributed by atoms with van der Waals surface area (Å²) in [5.41, 5.74) is 7.26. The Labute approximate surface area is 199 Å². The molecule has 0 N–H and O–H groups in total. The zero-order valence-electron chi connectivity index (χ0n) is 19.5. The number of aryl methyl sites for hydroxylation is 3. The second-order valence-corrected chi connectivity index (χ2v) is 8.86. The first-order chi connectivity index (χ1) is 16.6. The first-order valence-electron chi connectivity index (χ1n) is 11.5. The fourth-order valence-corrected chi connectivity index (χ4v) is 4.76. The highest BCUT2D eigenvalue weighted by molar-refractivity contribution is 5.84. The van der Waals surface area contributed by atoms with Crippen LogP contribution in [0.3, 0.4) is 0 Å². The van der Waals surface area contributed by atoms with Crippen molar-refractivity contribution < 1.29 is 18.6 Å². The average molecular weight is 447 g/mol. The fraction of sp³-hybridized carbons (Fsp3) is 0.133. The van der Waals surface area contributed by atoms with Gasteiger partial charge in [-0.1, -0.05) is 69.8 Å². The van der Waals surface area contributed by atoms with E-state index in [0.717, 1.165) is 50.7 Å². The van der Waals surface area contributed by atoms with Gasteiger partial charge in [-0.2, -0.15) is 0 Å². The summed E-state index contributed by atoms with van der Waals surface area (Å²) in [7, 11) is 0. The summed E-state index contributed by atoms with van der Waals surface area (Å²) < 4.78 is 18.1. The van der Waals surface area contributed by atoms with Gasteiger partial charge in [0.05, 0.1) is 11.1 Å². The van der Waals surface area contributed by atoms with E-state index in [1.807, 2.05) is 24.3 Å². The molecule has 0 saturated carbocycles. The van der Waals surface area contributed by atoms with E-state index in [2.05, 4.69) is 109 Å². The molecular formula is C30H26N2O2+2. The normalized spacial score (nSPS) is 18.2. The topological polar surface area (TPSA) is 24.5 Å². The Balaban J connectivity index is 1.71. The van der Waals surface area contributed by atoms with Gasteiger partial charge in [-0.05, 0) is 44.0 Å². The first-order valence-corrected chi connectivity index (χ1v) is 11.5. The van der Waals surface area contributed by atoms with Crippen molar-refractivity contribution in [3.05, 3.63) is 119 Å². The standard InChI is InChI=1S/C30H26N2O2/c1-21-11-7-8-18-27(21)32-20-25-15-10-13-23(3)29(25)34-30(32)31(26-16-5-4-6-17-26)19-24-14-9-12-22(2)28(24)33-30/h4-20H,1-3H3/q+2. The molecule has 0 radical (unpaired) electrons. The molecule has 4 aromatic carbocycles. The highest BCUT2D eigenvalue weighted by Crippen LogP contribution is 2.42. The van der Waals surface area contributed by atoms with E-state index < -0.39 is 6.03 Å². The molecule has 34 heavy (non-hydrogen) atoms. The van der Waals surface area contributed by atoms with Crippen molar-refractivity contribution >= 4 is 23.8 Å². The Hall–Kier alpha value is -4.18. The molecule has 1 spiro atoms. The second-order valence-electron chi connectivity index (χ2n) is 8.86. The molecule has 4 aromatic rings. The second kappa shape index (κ2) is 7.70. The zero-order valence-corrected chi connectivity index (χ0v) is 19.5. The van der Waals surface area contributed by atoms with Gasteiger partial charge in [0.15, 0.2) is 23.9 Å². The summed E-state index contributed by atoms with van der Waals surface area (Å²) in [5, 5.41) is 0. The van der Waals surface area contributed by atoms with Gasteiger partial charge in [0.1, 0.15) is 0 Å². The van der Waals surface area contributed by atoms with Crippen LogP contribution in [0.4, 0.5) is 11.4 Å². The lowest BCUT2D eigenvalue weighted by Gasteiger charge is -2.32.